The highest BCUT2D eigenvalue weighted by atomic mass is 79.9. The molecule has 0 unspecified atom stereocenters. The lowest BCUT2D eigenvalue weighted by Crippen LogP contribution is -2.12. The first-order valence-corrected chi connectivity index (χ1v) is 5.46. The summed E-state index contributed by atoms with van der Waals surface area (Å²) < 4.78 is 38.3. The molecule has 0 radical (unpaired) electrons. The van der Waals surface area contributed by atoms with Gasteiger partial charge in [-0.2, -0.15) is 13.2 Å². The van der Waals surface area contributed by atoms with Gasteiger partial charge in [-0.1, -0.05) is 15.9 Å². The molecular formula is C10H11BrF3NO. The van der Waals surface area contributed by atoms with Gasteiger partial charge in [0, 0.05) is 23.3 Å². The van der Waals surface area contributed by atoms with Crippen LogP contribution in [0.1, 0.15) is 12.0 Å². The van der Waals surface area contributed by atoms with E-state index in [0.717, 1.165) is 6.07 Å². The van der Waals surface area contributed by atoms with Gasteiger partial charge in [-0.25, -0.2) is 0 Å². The smallest absolute Gasteiger partial charge is 0.396 e. The van der Waals surface area contributed by atoms with Gasteiger partial charge in [-0.15, -0.1) is 0 Å². The minimum atomic E-state index is -4.38. The average molecular weight is 298 g/mol. The van der Waals surface area contributed by atoms with Crippen molar-refractivity contribution in [2.45, 2.75) is 12.6 Å². The summed E-state index contributed by atoms with van der Waals surface area (Å²) in [5, 5.41) is 11.2. The van der Waals surface area contributed by atoms with E-state index in [1.165, 1.54) is 12.1 Å². The van der Waals surface area contributed by atoms with E-state index >= 15 is 0 Å². The molecule has 0 aliphatic heterocycles. The number of halogens is 4. The summed E-state index contributed by atoms with van der Waals surface area (Å²) in [5.41, 5.74) is -0.677. The van der Waals surface area contributed by atoms with E-state index in [4.69, 9.17) is 5.11 Å². The van der Waals surface area contributed by atoms with Crippen molar-refractivity contribution in [3.8, 4) is 0 Å². The largest absolute Gasteiger partial charge is 0.418 e. The molecule has 0 fully saturated rings. The predicted molar refractivity (Wildman–Crippen MR) is 59.3 cm³/mol. The van der Waals surface area contributed by atoms with E-state index in [1.807, 2.05) is 0 Å². The van der Waals surface area contributed by atoms with Crippen molar-refractivity contribution in [3.05, 3.63) is 28.2 Å². The lowest BCUT2D eigenvalue weighted by Gasteiger charge is -2.14. The number of rotatable bonds is 4. The van der Waals surface area contributed by atoms with Crippen LogP contribution in [0.3, 0.4) is 0 Å². The lowest BCUT2D eigenvalue weighted by atomic mass is 10.1. The Labute approximate surface area is 99.6 Å². The maximum atomic E-state index is 12.6. The zero-order valence-corrected chi connectivity index (χ0v) is 9.90. The Morgan fingerprint density at radius 3 is 2.56 bits per heavy atom. The van der Waals surface area contributed by atoms with Gasteiger partial charge in [0.15, 0.2) is 0 Å². The van der Waals surface area contributed by atoms with Gasteiger partial charge in [0.05, 0.1) is 5.56 Å². The van der Waals surface area contributed by atoms with Gasteiger partial charge >= 0.3 is 6.18 Å². The monoisotopic (exact) mass is 297 g/mol. The van der Waals surface area contributed by atoms with E-state index in [1.54, 1.807) is 0 Å². The molecule has 90 valence electrons. The molecule has 0 spiro atoms. The number of aliphatic hydroxyl groups is 1. The standard InChI is InChI=1S/C10H11BrF3NO/c11-7-2-3-9(15-4-1-5-16)8(6-7)10(12,13)14/h2-3,6,15-16H,1,4-5H2. The fraction of sp³-hybridized carbons (Fsp3) is 0.400. The molecule has 1 aromatic carbocycles. The number of anilines is 1. The summed E-state index contributed by atoms with van der Waals surface area (Å²) in [5.74, 6) is 0. The number of benzene rings is 1. The summed E-state index contributed by atoms with van der Waals surface area (Å²) in [6.45, 7) is 0.256. The minimum Gasteiger partial charge on any atom is -0.396 e. The Balaban J connectivity index is 2.90. The normalized spacial score (nSPS) is 11.6. The first-order valence-electron chi connectivity index (χ1n) is 4.66. The first-order chi connectivity index (χ1) is 7.45. The van der Waals surface area contributed by atoms with E-state index < -0.39 is 11.7 Å². The molecular weight excluding hydrogens is 287 g/mol. The van der Waals surface area contributed by atoms with Crippen molar-refractivity contribution in [1.82, 2.24) is 0 Å². The number of hydrogen-bond donors (Lipinski definition) is 2. The Kier molecular flexibility index (Phi) is 4.61. The van der Waals surface area contributed by atoms with Crippen LogP contribution in [0.15, 0.2) is 22.7 Å². The lowest BCUT2D eigenvalue weighted by molar-refractivity contribution is -0.137. The van der Waals surface area contributed by atoms with Crippen LogP contribution in [-0.2, 0) is 6.18 Å². The molecule has 0 saturated heterocycles. The molecule has 1 rings (SSSR count). The van der Waals surface area contributed by atoms with Gasteiger partial charge in [0.25, 0.3) is 0 Å². The molecule has 6 heteroatoms. The summed E-state index contributed by atoms with van der Waals surface area (Å²) in [4.78, 5) is 0. The summed E-state index contributed by atoms with van der Waals surface area (Å²) in [6, 6.07) is 3.93. The van der Waals surface area contributed by atoms with Crippen LogP contribution in [0.2, 0.25) is 0 Å². The fourth-order valence-corrected chi connectivity index (χ4v) is 1.57. The predicted octanol–water partition coefficient (Wildman–Crippen LogP) is 3.26. The topological polar surface area (TPSA) is 32.3 Å². The Morgan fingerprint density at radius 1 is 1.31 bits per heavy atom. The molecule has 2 N–H and O–H groups in total. The molecule has 0 atom stereocenters. The summed E-state index contributed by atoms with van der Waals surface area (Å²) >= 11 is 3.00. The average Bonchev–Trinajstić information content (AvgIpc) is 2.19. The third-order valence-electron chi connectivity index (χ3n) is 1.94. The van der Waals surface area contributed by atoms with Crippen LogP contribution < -0.4 is 5.32 Å². The Morgan fingerprint density at radius 2 is 2.00 bits per heavy atom. The van der Waals surface area contributed by atoms with Gasteiger partial charge < -0.3 is 10.4 Å². The summed E-state index contributed by atoms with van der Waals surface area (Å²) in [6.07, 6.45) is -3.97. The van der Waals surface area contributed by atoms with Crippen molar-refractivity contribution in [1.29, 1.82) is 0 Å². The quantitative estimate of drug-likeness (QED) is 0.836. The molecule has 16 heavy (non-hydrogen) atoms. The van der Waals surface area contributed by atoms with Crippen molar-refractivity contribution in [2.24, 2.45) is 0 Å². The molecule has 0 aliphatic carbocycles. The maximum absolute atomic E-state index is 12.6. The van der Waals surface area contributed by atoms with Crippen LogP contribution in [0, 0.1) is 0 Å². The number of alkyl halides is 3. The van der Waals surface area contributed by atoms with Gasteiger partial charge in [-0.3, -0.25) is 0 Å². The van der Waals surface area contributed by atoms with Crippen LogP contribution in [-0.4, -0.2) is 18.3 Å². The van der Waals surface area contributed by atoms with Crippen LogP contribution in [0.5, 0.6) is 0 Å². The number of aliphatic hydroxyl groups excluding tert-OH is 1. The van der Waals surface area contributed by atoms with Crippen molar-refractivity contribution in [2.75, 3.05) is 18.5 Å². The third-order valence-corrected chi connectivity index (χ3v) is 2.43. The second kappa shape index (κ2) is 5.54. The van der Waals surface area contributed by atoms with Gasteiger partial charge in [0.2, 0.25) is 0 Å². The Bertz CT molecular complexity index is 354. The molecule has 0 amide bonds. The van der Waals surface area contributed by atoms with Gasteiger partial charge in [0.1, 0.15) is 0 Å². The Hall–Kier alpha value is -0.750. The van der Waals surface area contributed by atoms with Crippen LogP contribution in [0.4, 0.5) is 18.9 Å². The zero-order valence-electron chi connectivity index (χ0n) is 8.31. The van der Waals surface area contributed by atoms with E-state index in [9.17, 15) is 13.2 Å². The molecule has 0 heterocycles. The van der Waals surface area contributed by atoms with Crippen molar-refractivity contribution >= 4 is 21.6 Å². The molecule has 0 aromatic heterocycles. The second-order valence-electron chi connectivity index (χ2n) is 3.19. The molecule has 0 aliphatic rings. The molecule has 1 aromatic rings. The van der Waals surface area contributed by atoms with Crippen molar-refractivity contribution in [3.63, 3.8) is 0 Å². The van der Waals surface area contributed by atoms with Crippen molar-refractivity contribution < 1.29 is 18.3 Å². The van der Waals surface area contributed by atoms with E-state index in [-0.39, 0.29) is 12.3 Å². The fourth-order valence-electron chi connectivity index (χ4n) is 1.21. The highest BCUT2D eigenvalue weighted by Crippen LogP contribution is 2.36. The number of hydrogen-bond acceptors (Lipinski definition) is 2. The first kappa shape index (κ1) is 13.3. The molecule has 0 saturated carbocycles. The highest BCUT2D eigenvalue weighted by Gasteiger charge is 2.33. The SMILES string of the molecule is OCCCNc1ccc(Br)cc1C(F)(F)F. The minimum absolute atomic E-state index is 0.0316. The zero-order chi connectivity index (χ0) is 12.2. The molecule has 0 bridgehead atoms. The van der Waals surface area contributed by atoms with Gasteiger partial charge in [-0.05, 0) is 24.6 Å². The molecule has 2 nitrogen and oxygen atoms in total. The van der Waals surface area contributed by atoms with Crippen LogP contribution in [0.25, 0.3) is 0 Å². The number of nitrogens with one attached hydrogen (secondary N) is 1. The van der Waals surface area contributed by atoms with E-state index in [0.29, 0.717) is 17.4 Å². The second-order valence-corrected chi connectivity index (χ2v) is 4.11. The van der Waals surface area contributed by atoms with E-state index in [2.05, 4.69) is 21.2 Å². The highest BCUT2D eigenvalue weighted by molar-refractivity contribution is 9.10. The third kappa shape index (κ3) is 3.68. The summed E-state index contributed by atoms with van der Waals surface area (Å²) in [7, 11) is 0. The van der Waals surface area contributed by atoms with Crippen LogP contribution >= 0.6 is 15.9 Å². The maximum Gasteiger partial charge on any atom is 0.418 e.